The van der Waals surface area contributed by atoms with Crippen molar-refractivity contribution in [3.63, 3.8) is 0 Å². The summed E-state index contributed by atoms with van der Waals surface area (Å²) in [6, 6.07) is 0. The topological polar surface area (TPSA) is 54.2 Å². The predicted molar refractivity (Wildman–Crippen MR) is 56.2 cm³/mol. The van der Waals surface area contributed by atoms with E-state index < -0.39 is 5.60 Å². The lowest BCUT2D eigenvalue weighted by Gasteiger charge is -2.45. The first-order valence-electron chi connectivity index (χ1n) is 5.48. The van der Waals surface area contributed by atoms with Crippen LogP contribution in [0.15, 0.2) is 6.33 Å². The molecule has 0 unspecified atom stereocenters. The summed E-state index contributed by atoms with van der Waals surface area (Å²) >= 11 is 0. The van der Waals surface area contributed by atoms with Crippen molar-refractivity contribution in [2.75, 3.05) is 13.1 Å². The number of β-amino-alcohol motifs (C(OH)–C–C–N with tert-alkyl or cyclic N) is 1. The zero-order valence-corrected chi connectivity index (χ0v) is 9.35. The van der Waals surface area contributed by atoms with E-state index in [9.17, 15) is 5.11 Å². The van der Waals surface area contributed by atoms with Gasteiger partial charge in [-0.15, -0.1) is 0 Å². The normalized spacial score (nSPS) is 20.2. The third-order valence-electron chi connectivity index (χ3n) is 3.05. The van der Waals surface area contributed by atoms with Gasteiger partial charge in [-0.1, -0.05) is 6.92 Å². The van der Waals surface area contributed by atoms with Crippen molar-refractivity contribution in [3.8, 4) is 0 Å². The van der Waals surface area contributed by atoms with E-state index in [1.807, 2.05) is 11.6 Å². The fourth-order valence-electron chi connectivity index (χ4n) is 2.00. The van der Waals surface area contributed by atoms with Crippen molar-refractivity contribution in [2.24, 2.45) is 0 Å². The Morgan fingerprint density at radius 2 is 2.20 bits per heavy atom. The summed E-state index contributed by atoms with van der Waals surface area (Å²) in [5, 5.41) is 14.0. The van der Waals surface area contributed by atoms with Crippen LogP contribution in [0.2, 0.25) is 0 Å². The molecular formula is C10H18N4O. The molecule has 15 heavy (non-hydrogen) atoms. The van der Waals surface area contributed by atoms with Gasteiger partial charge in [0.2, 0.25) is 0 Å². The van der Waals surface area contributed by atoms with Crippen molar-refractivity contribution in [1.29, 1.82) is 0 Å². The second kappa shape index (κ2) is 3.90. The van der Waals surface area contributed by atoms with Crippen LogP contribution in [-0.4, -0.2) is 43.5 Å². The Morgan fingerprint density at radius 1 is 1.47 bits per heavy atom. The molecule has 0 spiro atoms. The highest BCUT2D eigenvalue weighted by molar-refractivity contribution is 4.97. The largest absolute Gasteiger partial charge is 0.387 e. The SMILES string of the molecule is CCn1ncnc1CN1CC(O)(CC)C1. The molecule has 2 rings (SSSR count). The summed E-state index contributed by atoms with van der Waals surface area (Å²) in [4.78, 5) is 6.41. The average molecular weight is 210 g/mol. The van der Waals surface area contributed by atoms with E-state index in [1.54, 1.807) is 6.33 Å². The molecule has 1 aliphatic heterocycles. The number of aliphatic hydroxyl groups is 1. The van der Waals surface area contributed by atoms with Gasteiger partial charge in [0, 0.05) is 19.6 Å². The Kier molecular flexibility index (Phi) is 2.75. The molecule has 1 aromatic rings. The molecule has 0 bridgehead atoms. The maximum absolute atomic E-state index is 9.86. The number of rotatable bonds is 4. The molecule has 0 radical (unpaired) electrons. The number of aryl methyl sites for hydroxylation is 1. The van der Waals surface area contributed by atoms with Gasteiger partial charge in [-0.3, -0.25) is 4.90 Å². The first-order valence-corrected chi connectivity index (χ1v) is 5.48. The van der Waals surface area contributed by atoms with Gasteiger partial charge in [-0.2, -0.15) is 5.10 Å². The van der Waals surface area contributed by atoms with Gasteiger partial charge < -0.3 is 5.11 Å². The van der Waals surface area contributed by atoms with Crippen LogP contribution in [0, 0.1) is 0 Å². The van der Waals surface area contributed by atoms with Crippen molar-refractivity contribution in [3.05, 3.63) is 12.2 Å². The first-order chi connectivity index (χ1) is 7.17. The zero-order chi connectivity index (χ0) is 10.9. The maximum Gasteiger partial charge on any atom is 0.140 e. The molecule has 0 saturated carbocycles. The van der Waals surface area contributed by atoms with E-state index in [1.165, 1.54) is 0 Å². The number of likely N-dealkylation sites (tertiary alicyclic amines) is 1. The van der Waals surface area contributed by atoms with Crippen molar-refractivity contribution in [2.45, 2.75) is 39.0 Å². The number of nitrogens with zero attached hydrogens (tertiary/aromatic N) is 4. The highest BCUT2D eigenvalue weighted by atomic mass is 16.3. The summed E-state index contributed by atoms with van der Waals surface area (Å²) in [5.74, 6) is 0.982. The molecule has 5 nitrogen and oxygen atoms in total. The van der Waals surface area contributed by atoms with Crippen molar-refractivity contribution >= 4 is 0 Å². The molecular weight excluding hydrogens is 192 g/mol. The van der Waals surface area contributed by atoms with Crippen LogP contribution in [0.4, 0.5) is 0 Å². The van der Waals surface area contributed by atoms with Gasteiger partial charge in [0.15, 0.2) is 0 Å². The van der Waals surface area contributed by atoms with E-state index in [0.29, 0.717) is 0 Å². The van der Waals surface area contributed by atoms with E-state index in [-0.39, 0.29) is 0 Å². The second-order valence-electron chi connectivity index (χ2n) is 4.22. The molecule has 1 saturated heterocycles. The van der Waals surface area contributed by atoms with Gasteiger partial charge in [-0.25, -0.2) is 9.67 Å². The monoisotopic (exact) mass is 210 g/mol. The second-order valence-corrected chi connectivity index (χ2v) is 4.22. The molecule has 2 heterocycles. The number of hydrogen-bond acceptors (Lipinski definition) is 4. The molecule has 84 valence electrons. The van der Waals surface area contributed by atoms with E-state index >= 15 is 0 Å². The molecule has 1 aliphatic rings. The summed E-state index contributed by atoms with van der Waals surface area (Å²) in [5.41, 5.74) is -0.461. The molecule has 1 fully saturated rings. The lowest BCUT2D eigenvalue weighted by atomic mass is 9.91. The van der Waals surface area contributed by atoms with Crippen LogP contribution >= 0.6 is 0 Å². The van der Waals surface area contributed by atoms with Crippen LogP contribution in [0.25, 0.3) is 0 Å². The summed E-state index contributed by atoms with van der Waals surface area (Å²) in [6.45, 7) is 7.21. The van der Waals surface area contributed by atoms with Gasteiger partial charge in [0.1, 0.15) is 12.2 Å². The lowest BCUT2D eigenvalue weighted by molar-refractivity contribution is -0.104. The molecule has 0 aliphatic carbocycles. The fraction of sp³-hybridized carbons (Fsp3) is 0.800. The van der Waals surface area contributed by atoms with Crippen LogP contribution in [-0.2, 0) is 13.1 Å². The molecule has 0 atom stereocenters. The van der Waals surface area contributed by atoms with E-state index in [0.717, 1.165) is 38.4 Å². The highest BCUT2D eigenvalue weighted by Crippen LogP contribution is 2.25. The minimum absolute atomic E-state index is 0.461. The minimum Gasteiger partial charge on any atom is -0.387 e. The Bertz CT molecular complexity index is 330. The Labute approximate surface area is 89.7 Å². The molecule has 1 N–H and O–H groups in total. The van der Waals surface area contributed by atoms with Crippen LogP contribution < -0.4 is 0 Å². The van der Waals surface area contributed by atoms with Gasteiger partial charge in [-0.05, 0) is 13.3 Å². The minimum atomic E-state index is -0.461. The molecule has 0 amide bonds. The Balaban J connectivity index is 1.90. The van der Waals surface area contributed by atoms with Gasteiger partial charge >= 0.3 is 0 Å². The highest BCUT2D eigenvalue weighted by Gasteiger charge is 2.39. The summed E-state index contributed by atoms with van der Waals surface area (Å²) in [7, 11) is 0. The maximum atomic E-state index is 9.86. The Morgan fingerprint density at radius 3 is 2.80 bits per heavy atom. The quantitative estimate of drug-likeness (QED) is 0.774. The van der Waals surface area contributed by atoms with E-state index in [4.69, 9.17) is 0 Å². The Hall–Kier alpha value is -0.940. The predicted octanol–water partition coefficient (Wildman–Crippen LogP) is 0.255. The van der Waals surface area contributed by atoms with Crippen LogP contribution in [0.3, 0.4) is 0 Å². The lowest BCUT2D eigenvalue weighted by Crippen LogP contribution is -2.60. The molecule has 1 aromatic heterocycles. The summed E-state index contributed by atoms with van der Waals surface area (Å²) < 4.78 is 1.89. The zero-order valence-electron chi connectivity index (χ0n) is 9.35. The average Bonchev–Trinajstić information content (AvgIpc) is 2.62. The standard InChI is InChI=1S/C10H18N4O/c1-3-10(15)6-13(7-10)5-9-11-8-12-14(9)4-2/h8,15H,3-7H2,1-2H3. The van der Waals surface area contributed by atoms with Crippen molar-refractivity contribution < 1.29 is 5.11 Å². The van der Waals surface area contributed by atoms with Crippen molar-refractivity contribution in [1.82, 2.24) is 19.7 Å². The number of hydrogen-bond donors (Lipinski definition) is 1. The smallest absolute Gasteiger partial charge is 0.140 e. The fourth-order valence-corrected chi connectivity index (χ4v) is 2.00. The van der Waals surface area contributed by atoms with E-state index in [2.05, 4.69) is 21.9 Å². The van der Waals surface area contributed by atoms with Gasteiger partial charge in [0.05, 0.1) is 12.1 Å². The third kappa shape index (κ3) is 2.03. The van der Waals surface area contributed by atoms with Crippen LogP contribution in [0.1, 0.15) is 26.1 Å². The third-order valence-corrected chi connectivity index (χ3v) is 3.05. The van der Waals surface area contributed by atoms with Gasteiger partial charge in [0.25, 0.3) is 0 Å². The summed E-state index contributed by atoms with van der Waals surface area (Å²) in [6.07, 6.45) is 2.41. The van der Waals surface area contributed by atoms with Crippen LogP contribution in [0.5, 0.6) is 0 Å². The molecule has 0 aromatic carbocycles. The number of aromatic nitrogens is 3. The molecule has 5 heteroatoms. The first kappa shape index (κ1) is 10.6.